The lowest BCUT2D eigenvalue weighted by molar-refractivity contribution is -0.124. The zero-order chi connectivity index (χ0) is 19.8. The summed E-state index contributed by atoms with van der Waals surface area (Å²) in [6.45, 7) is 7.09. The Morgan fingerprint density at radius 2 is 1.67 bits per heavy atom. The van der Waals surface area contributed by atoms with Gasteiger partial charge in [0.05, 0.1) is 25.6 Å². The van der Waals surface area contributed by atoms with Crippen LogP contribution in [-0.4, -0.2) is 60.6 Å². The molecule has 0 atom stereocenters. The fraction of sp³-hybridized carbons (Fsp3) is 0.500. The van der Waals surface area contributed by atoms with Crippen LogP contribution in [0.3, 0.4) is 0 Å². The van der Waals surface area contributed by atoms with E-state index in [2.05, 4.69) is 5.32 Å². The number of benzene rings is 1. The van der Waals surface area contributed by atoms with Crippen LogP contribution in [0.4, 0.5) is 4.79 Å². The number of hydrogen-bond donors (Lipinski definition) is 1. The van der Waals surface area contributed by atoms with Crippen molar-refractivity contribution in [3.63, 3.8) is 0 Å². The maximum absolute atomic E-state index is 12.5. The lowest BCUT2D eigenvalue weighted by Gasteiger charge is -2.17. The summed E-state index contributed by atoms with van der Waals surface area (Å²) >= 11 is 0.968. The standard InChI is InChI=1S/C18H24N2O6S/c1-4-24-13-9-12(10-14(25-5-2)16(13)26-6-3)17(22)19-7-8-20-15(21)11-27-18(20)23/h9-10H,4-8,11H2,1-3H3,(H,19,22). The number of imide groups is 1. The molecule has 0 saturated carbocycles. The number of nitrogens with zero attached hydrogens (tertiary/aromatic N) is 1. The molecule has 1 saturated heterocycles. The average molecular weight is 396 g/mol. The summed E-state index contributed by atoms with van der Waals surface area (Å²) in [7, 11) is 0. The van der Waals surface area contributed by atoms with Crippen molar-refractivity contribution in [2.45, 2.75) is 20.8 Å². The summed E-state index contributed by atoms with van der Waals surface area (Å²) in [5.41, 5.74) is 0.346. The van der Waals surface area contributed by atoms with Gasteiger partial charge in [-0.15, -0.1) is 0 Å². The number of carbonyl (C=O) groups excluding carboxylic acids is 3. The predicted octanol–water partition coefficient (Wildman–Crippen LogP) is 2.31. The number of hydrogen-bond acceptors (Lipinski definition) is 7. The van der Waals surface area contributed by atoms with Crippen molar-refractivity contribution in [3.8, 4) is 17.2 Å². The topological polar surface area (TPSA) is 94.2 Å². The second kappa shape index (κ2) is 10.1. The van der Waals surface area contributed by atoms with E-state index in [0.717, 1.165) is 16.7 Å². The summed E-state index contributed by atoms with van der Waals surface area (Å²) in [5, 5.41) is 2.43. The number of carbonyl (C=O) groups is 3. The molecule has 8 nitrogen and oxygen atoms in total. The smallest absolute Gasteiger partial charge is 0.288 e. The van der Waals surface area contributed by atoms with Crippen molar-refractivity contribution in [2.24, 2.45) is 0 Å². The summed E-state index contributed by atoms with van der Waals surface area (Å²) in [6, 6.07) is 3.18. The van der Waals surface area contributed by atoms with Gasteiger partial charge in [0.25, 0.3) is 11.1 Å². The molecule has 1 aliphatic rings. The highest BCUT2D eigenvalue weighted by atomic mass is 32.2. The molecule has 0 aromatic heterocycles. The molecule has 2 rings (SSSR count). The Bertz CT molecular complexity index is 666. The minimum Gasteiger partial charge on any atom is -0.490 e. The molecule has 1 fully saturated rings. The first-order chi connectivity index (χ1) is 13.0. The van der Waals surface area contributed by atoms with Gasteiger partial charge in [-0.2, -0.15) is 0 Å². The number of ether oxygens (including phenoxy) is 3. The number of amides is 3. The summed E-state index contributed by atoms with van der Waals surface area (Å²) in [4.78, 5) is 36.8. The van der Waals surface area contributed by atoms with Crippen LogP contribution in [0, 0.1) is 0 Å². The molecule has 0 radical (unpaired) electrons. The van der Waals surface area contributed by atoms with Crippen LogP contribution in [0.15, 0.2) is 12.1 Å². The van der Waals surface area contributed by atoms with Gasteiger partial charge in [0, 0.05) is 18.7 Å². The Balaban J connectivity index is 2.11. The normalized spacial score (nSPS) is 13.7. The molecule has 1 heterocycles. The van der Waals surface area contributed by atoms with Gasteiger partial charge in [-0.1, -0.05) is 11.8 Å². The lowest BCUT2D eigenvalue weighted by Crippen LogP contribution is -2.37. The van der Waals surface area contributed by atoms with E-state index in [0.29, 0.717) is 42.6 Å². The molecule has 3 amide bonds. The zero-order valence-corrected chi connectivity index (χ0v) is 16.5. The van der Waals surface area contributed by atoms with Gasteiger partial charge in [-0.3, -0.25) is 19.3 Å². The van der Waals surface area contributed by atoms with Crippen LogP contribution in [0.1, 0.15) is 31.1 Å². The molecule has 27 heavy (non-hydrogen) atoms. The highest BCUT2D eigenvalue weighted by Gasteiger charge is 2.29. The van der Waals surface area contributed by atoms with E-state index >= 15 is 0 Å². The van der Waals surface area contributed by atoms with Crippen LogP contribution in [0.25, 0.3) is 0 Å². The SMILES string of the molecule is CCOc1cc(C(=O)NCCN2C(=O)CSC2=O)cc(OCC)c1OCC. The van der Waals surface area contributed by atoms with E-state index in [-0.39, 0.29) is 35.9 Å². The zero-order valence-electron chi connectivity index (χ0n) is 15.7. The Morgan fingerprint density at radius 1 is 1.07 bits per heavy atom. The van der Waals surface area contributed by atoms with E-state index in [1.807, 2.05) is 20.8 Å². The molecule has 1 aliphatic heterocycles. The van der Waals surface area contributed by atoms with E-state index in [9.17, 15) is 14.4 Å². The summed E-state index contributed by atoms with van der Waals surface area (Å²) in [5.74, 6) is 0.877. The first kappa shape index (κ1) is 20.9. The van der Waals surface area contributed by atoms with Gasteiger partial charge >= 0.3 is 0 Å². The Kier molecular flexibility index (Phi) is 7.78. The fourth-order valence-corrected chi connectivity index (χ4v) is 3.25. The maximum atomic E-state index is 12.5. The maximum Gasteiger partial charge on any atom is 0.288 e. The van der Waals surface area contributed by atoms with E-state index in [4.69, 9.17) is 14.2 Å². The fourth-order valence-electron chi connectivity index (χ4n) is 2.50. The molecule has 0 bridgehead atoms. The lowest BCUT2D eigenvalue weighted by atomic mass is 10.1. The van der Waals surface area contributed by atoms with Gasteiger partial charge in [0.15, 0.2) is 11.5 Å². The van der Waals surface area contributed by atoms with E-state index in [1.165, 1.54) is 0 Å². The quantitative estimate of drug-likeness (QED) is 0.648. The number of thioether (sulfide) groups is 1. The second-order valence-corrected chi connectivity index (χ2v) is 6.38. The van der Waals surface area contributed by atoms with Crippen LogP contribution >= 0.6 is 11.8 Å². The third-order valence-corrected chi connectivity index (χ3v) is 4.49. The van der Waals surface area contributed by atoms with Gasteiger partial charge in [-0.05, 0) is 32.9 Å². The van der Waals surface area contributed by atoms with Crippen LogP contribution in [0.5, 0.6) is 17.2 Å². The molecule has 148 valence electrons. The average Bonchev–Trinajstić information content (AvgIpc) is 2.96. The highest BCUT2D eigenvalue weighted by Crippen LogP contribution is 2.39. The van der Waals surface area contributed by atoms with Gasteiger partial charge in [-0.25, -0.2) is 0 Å². The number of rotatable bonds is 10. The molecule has 1 aromatic rings. The summed E-state index contributed by atoms with van der Waals surface area (Å²) < 4.78 is 16.8. The van der Waals surface area contributed by atoms with E-state index < -0.39 is 0 Å². The van der Waals surface area contributed by atoms with Crippen molar-refractivity contribution in [1.29, 1.82) is 0 Å². The van der Waals surface area contributed by atoms with Crippen LogP contribution < -0.4 is 19.5 Å². The predicted molar refractivity (Wildman–Crippen MR) is 102 cm³/mol. The summed E-state index contributed by atoms with van der Waals surface area (Å²) in [6.07, 6.45) is 0. The molecule has 1 aromatic carbocycles. The minimum atomic E-state index is -0.355. The Hall–Kier alpha value is -2.42. The van der Waals surface area contributed by atoms with Crippen molar-refractivity contribution in [3.05, 3.63) is 17.7 Å². The van der Waals surface area contributed by atoms with Crippen molar-refractivity contribution in [1.82, 2.24) is 10.2 Å². The third-order valence-electron chi connectivity index (χ3n) is 3.63. The third kappa shape index (κ3) is 5.29. The monoisotopic (exact) mass is 396 g/mol. The Labute approximate surface area is 162 Å². The number of nitrogens with one attached hydrogen (secondary N) is 1. The van der Waals surface area contributed by atoms with Crippen molar-refractivity contribution in [2.75, 3.05) is 38.7 Å². The van der Waals surface area contributed by atoms with Gasteiger partial charge < -0.3 is 19.5 Å². The first-order valence-electron chi connectivity index (χ1n) is 8.83. The van der Waals surface area contributed by atoms with E-state index in [1.54, 1.807) is 12.1 Å². The molecular formula is C18H24N2O6S. The largest absolute Gasteiger partial charge is 0.490 e. The van der Waals surface area contributed by atoms with Gasteiger partial charge in [0.2, 0.25) is 11.7 Å². The molecule has 0 aliphatic carbocycles. The van der Waals surface area contributed by atoms with Crippen LogP contribution in [-0.2, 0) is 4.79 Å². The van der Waals surface area contributed by atoms with Crippen molar-refractivity contribution < 1.29 is 28.6 Å². The highest BCUT2D eigenvalue weighted by molar-refractivity contribution is 8.14. The first-order valence-corrected chi connectivity index (χ1v) is 9.82. The molecule has 0 spiro atoms. The minimum absolute atomic E-state index is 0.143. The molecule has 0 unspecified atom stereocenters. The van der Waals surface area contributed by atoms with Crippen LogP contribution in [0.2, 0.25) is 0 Å². The molecule has 9 heteroatoms. The molecule has 1 N–H and O–H groups in total. The molecular weight excluding hydrogens is 372 g/mol. The second-order valence-electron chi connectivity index (χ2n) is 5.46. The van der Waals surface area contributed by atoms with Crippen molar-refractivity contribution >= 4 is 28.8 Å². The van der Waals surface area contributed by atoms with Gasteiger partial charge in [0.1, 0.15) is 0 Å². The Morgan fingerprint density at radius 3 is 2.15 bits per heavy atom.